The second-order valence-electron chi connectivity index (χ2n) is 3.71. The van der Waals surface area contributed by atoms with Crippen LogP contribution in [0.2, 0.25) is 0 Å². The van der Waals surface area contributed by atoms with Gasteiger partial charge >= 0.3 is 0 Å². The van der Waals surface area contributed by atoms with Gasteiger partial charge in [-0.1, -0.05) is 18.2 Å². The van der Waals surface area contributed by atoms with Crippen LogP contribution in [0, 0.1) is 13.8 Å². The van der Waals surface area contributed by atoms with Crippen LogP contribution in [0.15, 0.2) is 28.7 Å². The average Bonchev–Trinajstić information content (AvgIpc) is 2.61. The van der Waals surface area contributed by atoms with E-state index in [4.69, 9.17) is 4.42 Å². The highest BCUT2D eigenvalue weighted by atomic mass is 16.4. The van der Waals surface area contributed by atoms with Crippen molar-refractivity contribution in [3.05, 3.63) is 41.3 Å². The third-order valence-corrected chi connectivity index (χ3v) is 2.54. The van der Waals surface area contributed by atoms with Gasteiger partial charge in [0.25, 0.3) is 0 Å². The highest BCUT2D eigenvalue weighted by Gasteiger charge is 2.11. The molecule has 0 bridgehead atoms. The average molecular weight is 215 g/mol. The van der Waals surface area contributed by atoms with E-state index in [-0.39, 0.29) is 0 Å². The molecule has 16 heavy (non-hydrogen) atoms. The van der Waals surface area contributed by atoms with Crippen LogP contribution >= 0.6 is 0 Å². The standard InChI is InChI=1S/C13H13NO2/c1-9-5-3-4-6-11(9)13-14-12(7-8-15)10(2)16-13/h3-6,8H,7H2,1-2H3. The van der Waals surface area contributed by atoms with Crippen LogP contribution in [0.25, 0.3) is 11.5 Å². The van der Waals surface area contributed by atoms with Gasteiger partial charge in [0, 0.05) is 12.0 Å². The lowest BCUT2D eigenvalue weighted by molar-refractivity contribution is -0.107. The van der Waals surface area contributed by atoms with Crippen molar-refractivity contribution in [2.45, 2.75) is 20.3 Å². The topological polar surface area (TPSA) is 43.1 Å². The molecular weight excluding hydrogens is 202 g/mol. The molecule has 0 atom stereocenters. The van der Waals surface area contributed by atoms with Crippen LogP contribution in [-0.4, -0.2) is 11.3 Å². The van der Waals surface area contributed by atoms with E-state index < -0.39 is 0 Å². The summed E-state index contributed by atoms with van der Waals surface area (Å²) in [6.45, 7) is 3.84. The molecule has 0 aliphatic rings. The van der Waals surface area contributed by atoms with Crippen LogP contribution in [0.4, 0.5) is 0 Å². The van der Waals surface area contributed by atoms with Crippen molar-refractivity contribution >= 4 is 6.29 Å². The van der Waals surface area contributed by atoms with E-state index in [2.05, 4.69) is 4.98 Å². The number of hydrogen-bond acceptors (Lipinski definition) is 3. The predicted molar refractivity (Wildman–Crippen MR) is 61.2 cm³/mol. The van der Waals surface area contributed by atoms with E-state index in [1.165, 1.54) is 0 Å². The molecule has 0 radical (unpaired) electrons. The largest absolute Gasteiger partial charge is 0.441 e. The number of carbonyl (C=O) groups is 1. The van der Waals surface area contributed by atoms with Crippen molar-refractivity contribution in [1.29, 1.82) is 0 Å². The molecule has 0 saturated carbocycles. The van der Waals surface area contributed by atoms with Crippen molar-refractivity contribution in [2.24, 2.45) is 0 Å². The summed E-state index contributed by atoms with van der Waals surface area (Å²) in [6.07, 6.45) is 1.15. The summed E-state index contributed by atoms with van der Waals surface area (Å²) in [5.41, 5.74) is 2.80. The SMILES string of the molecule is Cc1ccccc1-c1nc(CC=O)c(C)o1. The Bertz CT molecular complexity index is 514. The van der Waals surface area contributed by atoms with Crippen LogP contribution in [-0.2, 0) is 11.2 Å². The first-order valence-corrected chi connectivity index (χ1v) is 5.18. The van der Waals surface area contributed by atoms with E-state index in [1.54, 1.807) is 0 Å². The normalized spacial score (nSPS) is 10.4. The fraction of sp³-hybridized carbons (Fsp3) is 0.231. The smallest absolute Gasteiger partial charge is 0.226 e. The number of nitrogens with zero attached hydrogens (tertiary/aromatic N) is 1. The zero-order valence-electron chi connectivity index (χ0n) is 9.36. The lowest BCUT2D eigenvalue weighted by Gasteiger charge is -1.98. The van der Waals surface area contributed by atoms with Gasteiger partial charge in [-0.25, -0.2) is 4.98 Å². The number of aromatic nitrogens is 1. The molecule has 0 aliphatic heterocycles. The highest BCUT2D eigenvalue weighted by Crippen LogP contribution is 2.24. The Morgan fingerprint density at radius 1 is 1.31 bits per heavy atom. The fourth-order valence-electron chi connectivity index (χ4n) is 1.62. The Kier molecular flexibility index (Phi) is 2.86. The predicted octanol–water partition coefficient (Wildman–Crippen LogP) is 2.70. The van der Waals surface area contributed by atoms with E-state index in [1.807, 2.05) is 38.1 Å². The first-order valence-electron chi connectivity index (χ1n) is 5.18. The molecule has 82 valence electrons. The molecule has 1 heterocycles. The van der Waals surface area contributed by atoms with E-state index in [0.29, 0.717) is 23.8 Å². The molecule has 0 saturated heterocycles. The minimum absolute atomic E-state index is 0.307. The molecule has 0 amide bonds. The van der Waals surface area contributed by atoms with Gasteiger partial charge in [-0.3, -0.25) is 0 Å². The maximum absolute atomic E-state index is 10.5. The minimum Gasteiger partial charge on any atom is -0.441 e. The first-order chi connectivity index (χ1) is 7.72. The molecule has 0 aliphatic carbocycles. The number of benzene rings is 1. The molecule has 0 unspecified atom stereocenters. The van der Waals surface area contributed by atoms with Crippen molar-refractivity contribution in [3.8, 4) is 11.5 Å². The molecule has 3 heteroatoms. The van der Waals surface area contributed by atoms with E-state index in [9.17, 15) is 4.79 Å². The first kappa shape index (κ1) is 10.6. The Labute approximate surface area is 94.1 Å². The second kappa shape index (κ2) is 4.31. The summed E-state index contributed by atoms with van der Waals surface area (Å²) in [4.78, 5) is 14.8. The van der Waals surface area contributed by atoms with Gasteiger partial charge in [0.15, 0.2) is 0 Å². The van der Waals surface area contributed by atoms with Crippen molar-refractivity contribution < 1.29 is 9.21 Å². The van der Waals surface area contributed by atoms with Crippen molar-refractivity contribution in [3.63, 3.8) is 0 Å². The van der Waals surface area contributed by atoms with Gasteiger partial charge in [0.1, 0.15) is 12.0 Å². The molecule has 0 N–H and O–H groups in total. The monoisotopic (exact) mass is 215 g/mol. The zero-order chi connectivity index (χ0) is 11.5. The molecule has 2 aromatic rings. The zero-order valence-corrected chi connectivity index (χ0v) is 9.36. The van der Waals surface area contributed by atoms with Crippen molar-refractivity contribution in [2.75, 3.05) is 0 Å². The molecule has 0 fully saturated rings. The van der Waals surface area contributed by atoms with Gasteiger partial charge in [0.05, 0.1) is 5.69 Å². The highest BCUT2D eigenvalue weighted by molar-refractivity contribution is 5.60. The van der Waals surface area contributed by atoms with Crippen LogP contribution < -0.4 is 0 Å². The van der Waals surface area contributed by atoms with Crippen LogP contribution in [0.5, 0.6) is 0 Å². The van der Waals surface area contributed by atoms with Gasteiger partial charge in [-0.2, -0.15) is 0 Å². The number of aryl methyl sites for hydroxylation is 2. The second-order valence-corrected chi connectivity index (χ2v) is 3.71. The lowest BCUT2D eigenvalue weighted by Crippen LogP contribution is -1.88. The van der Waals surface area contributed by atoms with Crippen LogP contribution in [0.1, 0.15) is 17.0 Å². The molecule has 1 aromatic carbocycles. The quantitative estimate of drug-likeness (QED) is 0.739. The summed E-state index contributed by atoms with van der Waals surface area (Å²) in [6, 6.07) is 7.89. The number of oxazole rings is 1. The summed E-state index contributed by atoms with van der Waals surface area (Å²) < 4.78 is 5.56. The molecular formula is C13H13NO2. The minimum atomic E-state index is 0.307. The summed E-state index contributed by atoms with van der Waals surface area (Å²) in [5.74, 6) is 1.30. The number of hydrogen-bond donors (Lipinski definition) is 0. The maximum Gasteiger partial charge on any atom is 0.226 e. The third kappa shape index (κ3) is 1.89. The van der Waals surface area contributed by atoms with E-state index >= 15 is 0 Å². The maximum atomic E-state index is 10.5. The number of carbonyl (C=O) groups excluding carboxylic acids is 1. The third-order valence-electron chi connectivity index (χ3n) is 2.54. The number of rotatable bonds is 3. The van der Waals surface area contributed by atoms with Gasteiger partial charge in [-0.15, -0.1) is 0 Å². The lowest BCUT2D eigenvalue weighted by atomic mass is 10.1. The van der Waals surface area contributed by atoms with Gasteiger partial charge < -0.3 is 9.21 Å². The molecule has 0 spiro atoms. The summed E-state index contributed by atoms with van der Waals surface area (Å²) >= 11 is 0. The Balaban J connectivity index is 2.45. The Morgan fingerprint density at radius 3 is 2.75 bits per heavy atom. The molecule has 2 rings (SSSR count). The summed E-state index contributed by atoms with van der Waals surface area (Å²) in [7, 11) is 0. The van der Waals surface area contributed by atoms with Crippen LogP contribution in [0.3, 0.4) is 0 Å². The molecule has 3 nitrogen and oxygen atoms in total. The van der Waals surface area contributed by atoms with Crippen molar-refractivity contribution in [1.82, 2.24) is 4.98 Å². The van der Waals surface area contributed by atoms with Gasteiger partial charge in [0.2, 0.25) is 5.89 Å². The van der Waals surface area contributed by atoms with E-state index in [0.717, 1.165) is 17.4 Å². The molecule has 1 aromatic heterocycles. The van der Waals surface area contributed by atoms with Gasteiger partial charge in [-0.05, 0) is 25.5 Å². The fourth-order valence-corrected chi connectivity index (χ4v) is 1.62. The Morgan fingerprint density at radius 2 is 2.06 bits per heavy atom. The summed E-state index contributed by atoms with van der Waals surface area (Å²) in [5, 5.41) is 0. The Hall–Kier alpha value is -1.90. The number of aldehydes is 1.